The van der Waals surface area contributed by atoms with Gasteiger partial charge in [-0.2, -0.15) is 0 Å². The van der Waals surface area contributed by atoms with E-state index in [2.05, 4.69) is 10.3 Å². The first kappa shape index (κ1) is 16.0. The Balaban J connectivity index is 2.78. The Morgan fingerprint density at radius 3 is 2.65 bits per heavy atom. The molecular weight excluding hydrogens is 266 g/mol. The number of aromatic amines is 1. The maximum absolute atomic E-state index is 11.6. The van der Waals surface area contributed by atoms with E-state index in [4.69, 9.17) is 9.84 Å². The Kier molecular flexibility index (Phi) is 5.09. The van der Waals surface area contributed by atoms with Crippen LogP contribution >= 0.6 is 0 Å². The third kappa shape index (κ3) is 4.88. The fourth-order valence-corrected chi connectivity index (χ4v) is 1.44. The second kappa shape index (κ2) is 6.38. The number of alkyl carbamates (subject to hydrolysis) is 1. The molecule has 0 aliphatic heterocycles. The second-order valence-corrected chi connectivity index (χ2v) is 5.19. The van der Waals surface area contributed by atoms with Gasteiger partial charge in [-0.15, -0.1) is 0 Å². The first-order valence-electron chi connectivity index (χ1n) is 6.13. The average Bonchev–Trinajstić information content (AvgIpc) is 2.29. The van der Waals surface area contributed by atoms with Crippen molar-refractivity contribution in [1.82, 2.24) is 14.9 Å². The number of nitrogens with one attached hydrogen (secondary N) is 2. The predicted molar refractivity (Wildman–Crippen MR) is 71.5 cm³/mol. The fraction of sp³-hybridized carbons (Fsp3) is 0.583. The summed E-state index contributed by atoms with van der Waals surface area (Å²) in [6, 6.07) is 0. The molecular formula is C12H19N3O5. The van der Waals surface area contributed by atoms with Gasteiger partial charge in [0.05, 0.1) is 25.3 Å². The number of hydrogen-bond acceptors (Lipinski definition) is 5. The minimum absolute atomic E-state index is 0.0645. The molecule has 0 aliphatic rings. The van der Waals surface area contributed by atoms with Crippen LogP contribution in [0.3, 0.4) is 0 Å². The minimum atomic E-state index is -0.656. The van der Waals surface area contributed by atoms with Gasteiger partial charge in [-0.05, 0) is 20.8 Å². The average molecular weight is 285 g/mol. The Bertz CT molecular complexity index is 582. The van der Waals surface area contributed by atoms with Gasteiger partial charge in [0.15, 0.2) is 0 Å². The summed E-state index contributed by atoms with van der Waals surface area (Å²) in [4.78, 5) is 36.5. The predicted octanol–water partition coefficient (Wildman–Crippen LogP) is -0.446. The topological polar surface area (TPSA) is 113 Å². The number of amides is 1. The highest BCUT2D eigenvalue weighted by molar-refractivity contribution is 5.67. The van der Waals surface area contributed by atoms with Crippen LogP contribution in [0.5, 0.6) is 0 Å². The third-order valence-corrected chi connectivity index (χ3v) is 2.25. The Morgan fingerprint density at radius 1 is 1.45 bits per heavy atom. The van der Waals surface area contributed by atoms with Gasteiger partial charge in [0, 0.05) is 6.20 Å². The quantitative estimate of drug-likeness (QED) is 0.693. The number of aliphatic hydroxyl groups is 1. The van der Waals surface area contributed by atoms with Gasteiger partial charge >= 0.3 is 11.8 Å². The molecule has 1 amide bonds. The molecule has 0 bridgehead atoms. The van der Waals surface area contributed by atoms with E-state index in [1.54, 1.807) is 20.8 Å². The van der Waals surface area contributed by atoms with Crippen LogP contribution in [0, 0.1) is 0 Å². The van der Waals surface area contributed by atoms with Crippen LogP contribution in [0.2, 0.25) is 0 Å². The monoisotopic (exact) mass is 285 g/mol. The van der Waals surface area contributed by atoms with Crippen LogP contribution in [0.4, 0.5) is 4.79 Å². The smallest absolute Gasteiger partial charge is 0.407 e. The van der Waals surface area contributed by atoms with E-state index in [9.17, 15) is 14.4 Å². The lowest BCUT2D eigenvalue weighted by Gasteiger charge is -2.19. The van der Waals surface area contributed by atoms with Gasteiger partial charge in [0.1, 0.15) is 5.60 Å². The number of aliphatic hydroxyl groups excluding tert-OH is 1. The molecule has 1 heterocycles. The van der Waals surface area contributed by atoms with E-state index in [0.717, 1.165) is 4.57 Å². The van der Waals surface area contributed by atoms with Gasteiger partial charge in [-0.25, -0.2) is 9.59 Å². The molecule has 0 spiro atoms. The zero-order chi connectivity index (χ0) is 15.3. The van der Waals surface area contributed by atoms with E-state index in [0.29, 0.717) is 0 Å². The van der Waals surface area contributed by atoms with Gasteiger partial charge in [0.2, 0.25) is 0 Å². The molecule has 0 radical (unpaired) electrons. The number of aromatic nitrogens is 2. The van der Waals surface area contributed by atoms with E-state index >= 15 is 0 Å². The lowest BCUT2D eigenvalue weighted by molar-refractivity contribution is 0.0523. The number of rotatable bonds is 4. The molecule has 20 heavy (non-hydrogen) atoms. The maximum atomic E-state index is 11.6. The van der Waals surface area contributed by atoms with Crippen LogP contribution in [0.1, 0.15) is 26.3 Å². The van der Waals surface area contributed by atoms with Gasteiger partial charge in [0.25, 0.3) is 5.56 Å². The van der Waals surface area contributed by atoms with Crippen molar-refractivity contribution < 1.29 is 14.6 Å². The van der Waals surface area contributed by atoms with Crippen LogP contribution in [-0.4, -0.2) is 33.0 Å². The highest BCUT2D eigenvalue weighted by atomic mass is 16.6. The molecule has 0 unspecified atom stereocenters. The minimum Gasteiger partial charge on any atom is -0.444 e. The van der Waals surface area contributed by atoms with Crippen LogP contribution in [-0.2, 0) is 17.8 Å². The molecule has 0 atom stereocenters. The van der Waals surface area contributed by atoms with Crippen molar-refractivity contribution >= 4 is 6.09 Å². The van der Waals surface area contributed by atoms with Crippen molar-refractivity contribution in [2.75, 3.05) is 6.61 Å². The van der Waals surface area contributed by atoms with Crippen molar-refractivity contribution in [1.29, 1.82) is 0 Å². The molecule has 8 nitrogen and oxygen atoms in total. The summed E-state index contributed by atoms with van der Waals surface area (Å²) < 4.78 is 6.19. The van der Waals surface area contributed by atoms with Gasteiger partial charge in [-0.1, -0.05) is 0 Å². The number of carbonyl (C=O) groups excluding carboxylic acids is 1. The summed E-state index contributed by atoms with van der Waals surface area (Å²) in [5.74, 6) is 0. The molecule has 0 saturated carbocycles. The number of carbonyl (C=O) groups is 1. The lowest BCUT2D eigenvalue weighted by Crippen LogP contribution is -2.36. The van der Waals surface area contributed by atoms with Crippen LogP contribution in [0.15, 0.2) is 15.8 Å². The first-order chi connectivity index (χ1) is 9.23. The van der Waals surface area contributed by atoms with E-state index in [1.807, 2.05) is 0 Å². The number of H-pyrrole nitrogens is 1. The Hall–Kier alpha value is -2.09. The van der Waals surface area contributed by atoms with Crippen molar-refractivity contribution in [3.8, 4) is 0 Å². The summed E-state index contributed by atoms with van der Waals surface area (Å²) in [5, 5.41) is 11.2. The van der Waals surface area contributed by atoms with Crippen molar-refractivity contribution in [3.05, 3.63) is 32.6 Å². The summed E-state index contributed by atoms with van der Waals surface area (Å²) in [7, 11) is 0. The fourth-order valence-electron chi connectivity index (χ4n) is 1.44. The lowest BCUT2D eigenvalue weighted by atomic mass is 10.2. The summed E-state index contributed by atoms with van der Waals surface area (Å²) in [5.41, 5.74) is -1.62. The molecule has 0 saturated heterocycles. The highest BCUT2D eigenvalue weighted by Crippen LogP contribution is 2.06. The molecule has 1 aromatic rings. The zero-order valence-corrected chi connectivity index (χ0v) is 11.7. The Labute approximate surface area is 115 Å². The number of nitrogens with zero attached hydrogens (tertiary/aromatic N) is 1. The standard InChI is InChI=1S/C12H19N3O5/c1-12(2,3)20-11(19)13-6-8-7-15(4-5-16)10(18)14-9(8)17/h7,16H,4-6H2,1-3H3,(H,13,19)(H,14,17,18). The molecule has 0 aromatic carbocycles. The van der Waals surface area contributed by atoms with Crippen molar-refractivity contribution in [3.63, 3.8) is 0 Å². The largest absolute Gasteiger partial charge is 0.444 e. The molecule has 1 aromatic heterocycles. The molecule has 8 heteroatoms. The summed E-state index contributed by atoms with van der Waals surface area (Å²) in [6.07, 6.45) is 0.645. The summed E-state index contributed by atoms with van der Waals surface area (Å²) in [6.45, 7) is 4.93. The van der Waals surface area contributed by atoms with E-state index in [1.165, 1.54) is 6.20 Å². The van der Waals surface area contributed by atoms with Crippen LogP contribution < -0.4 is 16.6 Å². The summed E-state index contributed by atoms with van der Waals surface area (Å²) >= 11 is 0. The van der Waals surface area contributed by atoms with Crippen molar-refractivity contribution in [2.24, 2.45) is 0 Å². The third-order valence-electron chi connectivity index (χ3n) is 2.25. The molecule has 0 aliphatic carbocycles. The molecule has 0 fully saturated rings. The van der Waals surface area contributed by atoms with Crippen molar-refractivity contribution in [2.45, 2.75) is 39.5 Å². The van der Waals surface area contributed by atoms with E-state index < -0.39 is 22.9 Å². The van der Waals surface area contributed by atoms with E-state index in [-0.39, 0.29) is 25.3 Å². The molecule has 112 valence electrons. The first-order valence-corrected chi connectivity index (χ1v) is 6.13. The molecule has 1 rings (SSSR count). The maximum Gasteiger partial charge on any atom is 0.407 e. The Morgan fingerprint density at radius 2 is 2.10 bits per heavy atom. The van der Waals surface area contributed by atoms with Gasteiger partial charge < -0.3 is 15.2 Å². The second-order valence-electron chi connectivity index (χ2n) is 5.19. The normalized spacial score (nSPS) is 11.2. The SMILES string of the molecule is CC(C)(C)OC(=O)NCc1cn(CCO)c(=O)[nH]c1=O. The van der Waals surface area contributed by atoms with Gasteiger partial charge in [-0.3, -0.25) is 14.3 Å². The highest BCUT2D eigenvalue weighted by Gasteiger charge is 2.16. The zero-order valence-electron chi connectivity index (χ0n) is 11.7. The van der Waals surface area contributed by atoms with Crippen LogP contribution in [0.25, 0.3) is 0 Å². The number of ether oxygens (including phenoxy) is 1. The molecule has 3 N–H and O–H groups in total. The number of hydrogen-bond donors (Lipinski definition) is 3.